The molecule has 0 radical (unpaired) electrons. The van der Waals surface area contributed by atoms with Gasteiger partial charge in [0.1, 0.15) is 0 Å². The number of nitrogens with zero attached hydrogens (tertiary/aromatic N) is 1. The average molecular weight is 198 g/mol. The number of hydrogen-bond acceptors (Lipinski definition) is 3. The third-order valence-corrected chi connectivity index (χ3v) is 2.38. The first-order valence-corrected chi connectivity index (χ1v) is 4.83. The molecule has 15 heavy (non-hydrogen) atoms. The lowest BCUT2D eigenvalue weighted by molar-refractivity contribution is 0.478. The molecule has 1 N–H and O–H groups in total. The van der Waals surface area contributed by atoms with Gasteiger partial charge in [-0.25, -0.2) is 4.98 Å². The number of nitrogens with one attached hydrogen (secondary N) is 1. The predicted octanol–water partition coefficient (Wildman–Crippen LogP) is 3.24. The van der Waals surface area contributed by atoms with E-state index in [0.717, 1.165) is 23.0 Å². The molecule has 2 heterocycles. The number of ether oxygens (including phenoxy) is 1. The smallest absolute Gasteiger partial charge is 0.173 e. The second kappa shape index (κ2) is 2.98. The first kappa shape index (κ1) is 8.29. The third-order valence-electron chi connectivity index (χ3n) is 2.38. The van der Waals surface area contributed by atoms with Crippen molar-refractivity contribution < 1.29 is 4.74 Å². The van der Waals surface area contributed by atoms with Gasteiger partial charge in [0.25, 0.3) is 0 Å². The van der Waals surface area contributed by atoms with E-state index in [4.69, 9.17) is 4.74 Å². The lowest BCUT2D eigenvalue weighted by atomic mass is 10.2. The fraction of sp³-hybridized carbons (Fsp3) is 0.0833. The molecule has 0 aliphatic carbocycles. The lowest BCUT2D eigenvalue weighted by Gasteiger charge is -2.20. The van der Waals surface area contributed by atoms with E-state index < -0.39 is 0 Å². The second-order valence-corrected chi connectivity index (χ2v) is 3.58. The molecule has 74 valence electrons. The van der Waals surface area contributed by atoms with E-state index in [-0.39, 0.29) is 0 Å². The standard InChI is InChI=1S/C12H10N2O/c1-8-4-5-10-9(7-8)14-12-11(15-10)3-2-6-13-12/h2-7H,1H3,(H,13,14). The Morgan fingerprint density at radius 2 is 2.13 bits per heavy atom. The Morgan fingerprint density at radius 1 is 1.20 bits per heavy atom. The fourth-order valence-corrected chi connectivity index (χ4v) is 1.64. The molecule has 3 nitrogen and oxygen atoms in total. The normalized spacial score (nSPS) is 12.1. The van der Waals surface area contributed by atoms with E-state index in [0.29, 0.717) is 0 Å². The molecule has 1 aromatic heterocycles. The number of aromatic nitrogens is 1. The van der Waals surface area contributed by atoms with E-state index >= 15 is 0 Å². The highest BCUT2D eigenvalue weighted by Crippen LogP contribution is 2.40. The molecule has 0 amide bonds. The molecule has 0 saturated carbocycles. The van der Waals surface area contributed by atoms with Crippen LogP contribution >= 0.6 is 0 Å². The average Bonchev–Trinajstić information content (AvgIpc) is 2.26. The zero-order valence-electron chi connectivity index (χ0n) is 8.32. The SMILES string of the molecule is Cc1ccc2c(c1)Nc1ncccc1O2. The Hall–Kier alpha value is -2.03. The monoisotopic (exact) mass is 198 g/mol. The van der Waals surface area contributed by atoms with Crippen molar-refractivity contribution >= 4 is 11.5 Å². The van der Waals surface area contributed by atoms with Gasteiger partial charge in [0.15, 0.2) is 17.3 Å². The van der Waals surface area contributed by atoms with Crippen LogP contribution in [-0.4, -0.2) is 4.98 Å². The van der Waals surface area contributed by atoms with Crippen LogP contribution in [0.1, 0.15) is 5.56 Å². The molecule has 0 fully saturated rings. The van der Waals surface area contributed by atoms with Crippen molar-refractivity contribution in [2.75, 3.05) is 5.32 Å². The zero-order chi connectivity index (χ0) is 10.3. The molecule has 1 aliphatic heterocycles. The molecule has 0 atom stereocenters. The molecule has 1 aromatic carbocycles. The van der Waals surface area contributed by atoms with Gasteiger partial charge in [-0.05, 0) is 36.8 Å². The van der Waals surface area contributed by atoms with E-state index in [9.17, 15) is 0 Å². The van der Waals surface area contributed by atoms with Gasteiger partial charge in [0.05, 0.1) is 5.69 Å². The van der Waals surface area contributed by atoms with E-state index in [2.05, 4.69) is 17.2 Å². The summed E-state index contributed by atoms with van der Waals surface area (Å²) in [5, 5.41) is 3.25. The van der Waals surface area contributed by atoms with Gasteiger partial charge in [0.2, 0.25) is 0 Å². The molecule has 0 saturated heterocycles. The van der Waals surface area contributed by atoms with Crippen LogP contribution in [0, 0.1) is 6.92 Å². The molecule has 1 aliphatic rings. The maximum absolute atomic E-state index is 5.71. The highest BCUT2D eigenvalue weighted by molar-refractivity contribution is 5.73. The number of pyridine rings is 1. The summed E-state index contributed by atoms with van der Waals surface area (Å²) >= 11 is 0. The molecule has 3 rings (SSSR count). The van der Waals surface area contributed by atoms with Crippen molar-refractivity contribution in [3.05, 3.63) is 42.1 Å². The Morgan fingerprint density at radius 3 is 3.07 bits per heavy atom. The minimum atomic E-state index is 0.772. The lowest BCUT2D eigenvalue weighted by Crippen LogP contribution is -2.04. The Bertz CT molecular complexity index is 523. The van der Waals surface area contributed by atoms with Crippen LogP contribution in [0.5, 0.6) is 11.5 Å². The summed E-state index contributed by atoms with van der Waals surface area (Å²) in [6, 6.07) is 9.81. The number of aryl methyl sites for hydroxylation is 1. The molecule has 2 aromatic rings. The summed E-state index contributed by atoms with van der Waals surface area (Å²) in [5.74, 6) is 2.39. The van der Waals surface area contributed by atoms with Crippen LogP contribution in [0.25, 0.3) is 0 Å². The van der Waals surface area contributed by atoms with Crippen LogP contribution in [0.4, 0.5) is 11.5 Å². The minimum Gasteiger partial charge on any atom is -0.451 e. The fourth-order valence-electron chi connectivity index (χ4n) is 1.64. The van der Waals surface area contributed by atoms with Crippen molar-refractivity contribution in [3.63, 3.8) is 0 Å². The van der Waals surface area contributed by atoms with Crippen LogP contribution in [0.2, 0.25) is 0 Å². The summed E-state index contributed by atoms with van der Waals surface area (Å²) in [7, 11) is 0. The van der Waals surface area contributed by atoms with Gasteiger partial charge in [-0.3, -0.25) is 0 Å². The Labute approximate surface area is 87.7 Å². The van der Waals surface area contributed by atoms with Crippen molar-refractivity contribution in [3.8, 4) is 11.5 Å². The maximum Gasteiger partial charge on any atom is 0.173 e. The van der Waals surface area contributed by atoms with Crippen molar-refractivity contribution in [2.24, 2.45) is 0 Å². The summed E-state index contributed by atoms with van der Waals surface area (Å²) in [5.41, 5.74) is 2.17. The molecule has 3 heteroatoms. The molecule has 0 unspecified atom stereocenters. The predicted molar refractivity (Wildman–Crippen MR) is 58.8 cm³/mol. The quantitative estimate of drug-likeness (QED) is 0.602. The summed E-state index contributed by atoms with van der Waals surface area (Å²) in [4.78, 5) is 4.21. The molecule has 0 spiro atoms. The van der Waals surface area contributed by atoms with Crippen LogP contribution in [-0.2, 0) is 0 Å². The molecular formula is C12H10N2O. The second-order valence-electron chi connectivity index (χ2n) is 3.58. The van der Waals surface area contributed by atoms with Crippen LogP contribution < -0.4 is 10.1 Å². The number of hydrogen-bond donors (Lipinski definition) is 1. The summed E-state index contributed by atoms with van der Waals surface area (Å²) in [6.45, 7) is 2.05. The summed E-state index contributed by atoms with van der Waals surface area (Å²) < 4.78 is 5.71. The Kier molecular flexibility index (Phi) is 1.65. The minimum absolute atomic E-state index is 0.772. The van der Waals surface area contributed by atoms with Crippen LogP contribution in [0.15, 0.2) is 36.5 Å². The first-order chi connectivity index (χ1) is 7.33. The van der Waals surface area contributed by atoms with E-state index in [1.807, 2.05) is 30.3 Å². The zero-order valence-corrected chi connectivity index (χ0v) is 8.32. The maximum atomic E-state index is 5.71. The van der Waals surface area contributed by atoms with Gasteiger partial charge in [-0.15, -0.1) is 0 Å². The van der Waals surface area contributed by atoms with Gasteiger partial charge < -0.3 is 10.1 Å². The number of anilines is 2. The largest absolute Gasteiger partial charge is 0.451 e. The first-order valence-electron chi connectivity index (χ1n) is 4.83. The summed E-state index contributed by atoms with van der Waals surface area (Å²) in [6.07, 6.45) is 1.75. The topological polar surface area (TPSA) is 34.2 Å². The van der Waals surface area contributed by atoms with Crippen molar-refractivity contribution in [2.45, 2.75) is 6.92 Å². The molecular weight excluding hydrogens is 188 g/mol. The number of benzene rings is 1. The van der Waals surface area contributed by atoms with Crippen molar-refractivity contribution in [1.82, 2.24) is 4.98 Å². The van der Waals surface area contributed by atoms with Gasteiger partial charge in [0, 0.05) is 6.20 Å². The number of fused-ring (bicyclic) bond motifs is 2. The van der Waals surface area contributed by atoms with Crippen molar-refractivity contribution in [1.29, 1.82) is 0 Å². The van der Waals surface area contributed by atoms with Gasteiger partial charge >= 0.3 is 0 Å². The Balaban J connectivity index is 2.11. The number of rotatable bonds is 0. The van der Waals surface area contributed by atoms with Crippen LogP contribution in [0.3, 0.4) is 0 Å². The van der Waals surface area contributed by atoms with Gasteiger partial charge in [-0.2, -0.15) is 0 Å². The highest BCUT2D eigenvalue weighted by atomic mass is 16.5. The van der Waals surface area contributed by atoms with Gasteiger partial charge in [-0.1, -0.05) is 6.07 Å². The van der Waals surface area contributed by atoms with E-state index in [1.165, 1.54) is 5.56 Å². The molecule has 0 bridgehead atoms. The highest BCUT2D eigenvalue weighted by Gasteiger charge is 2.16. The van der Waals surface area contributed by atoms with E-state index in [1.54, 1.807) is 6.20 Å². The third kappa shape index (κ3) is 1.32.